The minimum atomic E-state index is -0.504. The Hall–Kier alpha value is -3.78. The van der Waals surface area contributed by atoms with Crippen molar-refractivity contribution in [1.82, 2.24) is 15.1 Å². The van der Waals surface area contributed by atoms with E-state index in [0.29, 0.717) is 33.8 Å². The van der Waals surface area contributed by atoms with Crippen LogP contribution in [0.2, 0.25) is 0 Å². The molecule has 0 unspecified atom stereocenters. The third-order valence-corrected chi connectivity index (χ3v) is 5.47. The summed E-state index contributed by atoms with van der Waals surface area (Å²) < 4.78 is 16.2. The number of esters is 1. The fourth-order valence-electron chi connectivity index (χ4n) is 3.11. The summed E-state index contributed by atoms with van der Waals surface area (Å²) in [6.07, 6.45) is 1.54. The van der Waals surface area contributed by atoms with Gasteiger partial charge in [-0.15, -0.1) is 11.3 Å². The quantitative estimate of drug-likeness (QED) is 0.360. The molecule has 5 aromatic rings. The van der Waals surface area contributed by atoms with Crippen LogP contribution >= 0.6 is 11.3 Å². The van der Waals surface area contributed by atoms with Crippen LogP contribution in [0.5, 0.6) is 0 Å². The lowest BCUT2D eigenvalue weighted by Crippen LogP contribution is -2.07. The average Bonchev–Trinajstić information content (AvgIpc) is 3.54. The number of carbonyl (C=O) groups excluding carboxylic acids is 1. The molecule has 1 aromatic carbocycles. The van der Waals surface area contributed by atoms with E-state index in [9.17, 15) is 4.79 Å². The van der Waals surface area contributed by atoms with Crippen LogP contribution < -0.4 is 0 Å². The van der Waals surface area contributed by atoms with Crippen LogP contribution in [-0.4, -0.2) is 21.1 Å². The van der Waals surface area contributed by atoms with Gasteiger partial charge >= 0.3 is 5.97 Å². The summed E-state index contributed by atoms with van der Waals surface area (Å²) in [4.78, 5) is 21.9. The van der Waals surface area contributed by atoms with E-state index in [4.69, 9.17) is 13.7 Å². The predicted octanol–water partition coefficient (Wildman–Crippen LogP) is 5.27. The van der Waals surface area contributed by atoms with Crippen molar-refractivity contribution in [3.63, 3.8) is 0 Å². The molecule has 0 aliphatic carbocycles. The molecule has 8 heteroatoms. The lowest BCUT2D eigenvalue weighted by atomic mass is 10.1. The standard InChI is InChI=1S/C22H15N3O4S/c1-13-19-16(10-17(18-8-5-9-27-18)24-20(19)29-25-13)22(26)28-11-15-12-30-21(23-15)14-6-3-2-4-7-14/h2-10,12H,11H2,1H3. The van der Waals surface area contributed by atoms with E-state index in [1.165, 1.54) is 17.6 Å². The Morgan fingerprint density at radius 3 is 2.80 bits per heavy atom. The highest BCUT2D eigenvalue weighted by molar-refractivity contribution is 7.13. The summed E-state index contributed by atoms with van der Waals surface area (Å²) in [5, 5.41) is 7.22. The Morgan fingerprint density at radius 2 is 2.00 bits per heavy atom. The molecule has 0 aliphatic heterocycles. The molecule has 4 heterocycles. The number of aryl methyl sites for hydroxylation is 1. The monoisotopic (exact) mass is 417 g/mol. The van der Waals surface area contributed by atoms with Crippen LogP contribution in [0.4, 0.5) is 0 Å². The first kappa shape index (κ1) is 18.3. The predicted molar refractivity (Wildman–Crippen MR) is 111 cm³/mol. The number of benzene rings is 1. The number of furan rings is 1. The van der Waals surface area contributed by atoms with Crippen molar-refractivity contribution in [2.75, 3.05) is 0 Å². The third-order valence-electron chi connectivity index (χ3n) is 4.53. The normalized spacial score (nSPS) is 11.1. The highest BCUT2D eigenvalue weighted by Crippen LogP contribution is 2.28. The van der Waals surface area contributed by atoms with Gasteiger partial charge in [-0.25, -0.2) is 14.8 Å². The minimum Gasteiger partial charge on any atom is -0.463 e. The van der Waals surface area contributed by atoms with E-state index < -0.39 is 5.97 Å². The molecule has 0 fully saturated rings. The molecular formula is C22H15N3O4S. The van der Waals surface area contributed by atoms with E-state index in [0.717, 1.165) is 10.6 Å². The van der Waals surface area contributed by atoms with E-state index in [1.54, 1.807) is 25.1 Å². The van der Waals surface area contributed by atoms with Crippen LogP contribution in [0.1, 0.15) is 21.7 Å². The van der Waals surface area contributed by atoms with E-state index in [-0.39, 0.29) is 12.3 Å². The molecule has 0 spiro atoms. The minimum absolute atomic E-state index is 0.0619. The summed E-state index contributed by atoms with van der Waals surface area (Å²) >= 11 is 1.51. The highest BCUT2D eigenvalue weighted by Gasteiger charge is 2.21. The zero-order valence-corrected chi connectivity index (χ0v) is 16.7. The lowest BCUT2D eigenvalue weighted by molar-refractivity contribution is 0.0470. The largest absolute Gasteiger partial charge is 0.463 e. The van der Waals surface area contributed by atoms with Crippen molar-refractivity contribution in [1.29, 1.82) is 0 Å². The van der Waals surface area contributed by atoms with Gasteiger partial charge < -0.3 is 13.7 Å². The number of hydrogen-bond acceptors (Lipinski definition) is 8. The topological polar surface area (TPSA) is 91.2 Å². The molecule has 7 nitrogen and oxygen atoms in total. The van der Waals surface area contributed by atoms with Gasteiger partial charge in [0, 0.05) is 10.9 Å². The van der Waals surface area contributed by atoms with Gasteiger partial charge in [-0.3, -0.25) is 0 Å². The number of nitrogens with zero attached hydrogens (tertiary/aromatic N) is 3. The Kier molecular flexibility index (Phi) is 4.61. The molecule has 0 saturated carbocycles. The maximum atomic E-state index is 12.9. The second-order valence-electron chi connectivity index (χ2n) is 6.57. The molecule has 0 N–H and O–H groups in total. The summed E-state index contributed by atoms with van der Waals surface area (Å²) in [6, 6.07) is 15.0. The van der Waals surface area contributed by atoms with Gasteiger partial charge in [-0.1, -0.05) is 35.5 Å². The number of rotatable bonds is 5. The molecule has 0 saturated heterocycles. The number of carbonyl (C=O) groups is 1. The van der Waals surface area contributed by atoms with Gasteiger partial charge in [0.25, 0.3) is 5.71 Å². The van der Waals surface area contributed by atoms with E-state index >= 15 is 0 Å². The van der Waals surface area contributed by atoms with E-state index in [1.807, 2.05) is 35.7 Å². The smallest absolute Gasteiger partial charge is 0.339 e. The number of ether oxygens (including phenoxy) is 1. The van der Waals surface area contributed by atoms with Gasteiger partial charge in [0.2, 0.25) is 0 Å². The van der Waals surface area contributed by atoms with Gasteiger partial charge in [-0.2, -0.15) is 0 Å². The average molecular weight is 417 g/mol. The second kappa shape index (κ2) is 7.57. The van der Waals surface area contributed by atoms with E-state index in [2.05, 4.69) is 15.1 Å². The van der Waals surface area contributed by atoms with Crippen LogP contribution in [0.15, 0.2) is 69.1 Å². The number of hydrogen-bond donors (Lipinski definition) is 0. The molecule has 30 heavy (non-hydrogen) atoms. The molecular weight excluding hydrogens is 402 g/mol. The number of pyridine rings is 1. The second-order valence-corrected chi connectivity index (χ2v) is 7.42. The SMILES string of the molecule is Cc1noc2nc(-c3ccco3)cc(C(=O)OCc3csc(-c4ccccc4)n3)c12. The fourth-order valence-corrected chi connectivity index (χ4v) is 3.92. The van der Waals surface area contributed by atoms with Crippen molar-refractivity contribution in [2.45, 2.75) is 13.5 Å². The Morgan fingerprint density at radius 1 is 1.13 bits per heavy atom. The molecule has 0 atom stereocenters. The molecule has 0 aliphatic rings. The Balaban J connectivity index is 1.41. The van der Waals surface area contributed by atoms with Gasteiger partial charge in [0.1, 0.15) is 17.3 Å². The summed E-state index contributed by atoms with van der Waals surface area (Å²) in [5.74, 6) is 0.0165. The van der Waals surface area contributed by atoms with Crippen LogP contribution in [-0.2, 0) is 11.3 Å². The maximum Gasteiger partial charge on any atom is 0.339 e. The van der Waals surface area contributed by atoms with Crippen molar-refractivity contribution >= 4 is 28.4 Å². The van der Waals surface area contributed by atoms with Crippen LogP contribution in [0.25, 0.3) is 33.1 Å². The van der Waals surface area contributed by atoms with Gasteiger partial charge in [0.15, 0.2) is 5.76 Å². The van der Waals surface area contributed by atoms with Crippen molar-refractivity contribution in [2.24, 2.45) is 0 Å². The first-order chi connectivity index (χ1) is 14.7. The summed E-state index contributed by atoms with van der Waals surface area (Å²) in [7, 11) is 0. The highest BCUT2D eigenvalue weighted by atomic mass is 32.1. The summed E-state index contributed by atoms with van der Waals surface area (Å²) in [5.41, 5.74) is 3.33. The Labute approximate surface area is 174 Å². The number of thiazole rings is 1. The molecule has 0 amide bonds. The molecule has 0 radical (unpaired) electrons. The van der Waals surface area contributed by atoms with Crippen molar-refractivity contribution in [3.8, 4) is 22.0 Å². The summed E-state index contributed by atoms with van der Waals surface area (Å²) in [6.45, 7) is 1.82. The van der Waals surface area contributed by atoms with Gasteiger partial charge in [-0.05, 0) is 25.1 Å². The van der Waals surface area contributed by atoms with Gasteiger partial charge in [0.05, 0.1) is 28.6 Å². The Bertz CT molecular complexity index is 1320. The zero-order valence-electron chi connectivity index (χ0n) is 15.9. The molecule has 4 aromatic heterocycles. The van der Waals surface area contributed by atoms with Crippen LogP contribution in [0, 0.1) is 6.92 Å². The lowest BCUT2D eigenvalue weighted by Gasteiger charge is -2.06. The fraction of sp³-hybridized carbons (Fsp3) is 0.0909. The molecule has 148 valence electrons. The van der Waals surface area contributed by atoms with Crippen molar-refractivity contribution < 1.29 is 18.5 Å². The first-order valence-corrected chi connectivity index (χ1v) is 10.0. The first-order valence-electron chi connectivity index (χ1n) is 9.17. The zero-order chi connectivity index (χ0) is 20.5. The number of aromatic nitrogens is 3. The maximum absolute atomic E-state index is 12.9. The molecule has 5 rings (SSSR count). The number of fused-ring (bicyclic) bond motifs is 1. The molecule has 0 bridgehead atoms. The third kappa shape index (κ3) is 3.37. The van der Waals surface area contributed by atoms with Crippen molar-refractivity contribution in [3.05, 3.63) is 77.1 Å². The van der Waals surface area contributed by atoms with Crippen LogP contribution in [0.3, 0.4) is 0 Å².